The molecule has 4 aromatic rings. The fourth-order valence-corrected chi connectivity index (χ4v) is 2.76. The lowest BCUT2D eigenvalue weighted by Crippen LogP contribution is -1.94. The van der Waals surface area contributed by atoms with Crippen LogP contribution in [0.2, 0.25) is 0 Å². The van der Waals surface area contributed by atoms with Crippen molar-refractivity contribution < 1.29 is 4.42 Å². The topological polar surface area (TPSA) is 48.8 Å². The Morgan fingerprint density at radius 1 is 1.04 bits per heavy atom. The highest BCUT2D eigenvalue weighted by Gasteiger charge is 2.10. The molecule has 24 heavy (non-hydrogen) atoms. The molecular formula is C19H18N4O. The Kier molecular flexibility index (Phi) is 3.54. The number of rotatable bonds is 4. The van der Waals surface area contributed by atoms with E-state index in [2.05, 4.69) is 12.0 Å². The molecule has 0 aliphatic carbocycles. The van der Waals surface area contributed by atoms with E-state index in [1.54, 1.807) is 6.26 Å². The molecule has 1 aromatic carbocycles. The van der Waals surface area contributed by atoms with Gasteiger partial charge in [-0.3, -0.25) is 4.68 Å². The van der Waals surface area contributed by atoms with E-state index in [0.29, 0.717) is 0 Å². The van der Waals surface area contributed by atoms with Crippen molar-refractivity contribution in [2.45, 2.75) is 20.4 Å². The lowest BCUT2D eigenvalue weighted by molar-refractivity contribution is 0.582. The van der Waals surface area contributed by atoms with Crippen LogP contribution in [0.3, 0.4) is 0 Å². The summed E-state index contributed by atoms with van der Waals surface area (Å²) in [5.74, 6) is 0.866. The van der Waals surface area contributed by atoms with Gasteiger partial charge in [0.05, 0.1) is 23.3 Å². The maximum absolute atomic E-state index is 5.42. The first-order valence-electron chi connectivity index (χ1n) is 7.99. The quantitative estimate of drug-likeness (QED) is 0.563. The molecule has 5 nitrogen and oxygen atoms in total. The van der Waals surface area contributed by atoms with Gasteiger partial charge in [0.2, 0.25) is 0 Å². The van der Waals surface area contributed by atoms with Gasteiger partial charge in [-0.1, -0.05) is 0 Å². The minimum absolute atomic E-state index is 0.857. The Bertz CT molecular complexity index is 946. The smallest absolute Gasteiger partial charge is 0.133 e. The van der Waals surface area contributed by atoms with Crippen molar-refractivity contribution in [3.05, 3.63) is 66.8 Å². The maximum atomic E-state index is 5.42. The first-order chi connectivity index (χ1) is 11.7. The van der Waals surface area contributed by atoms with Crippen molar-refractivity contribution in [3.8, 4) is 28.3 Å². The molecule has 0 fully saturated rings. The molecular weight excluding hydrogens is 300 g/mol. The third-order valence-corrected chi connectivity index (χ3v) is 4.07. The number of aromatic nitrogens is 4. The highest BCUT2D eigenvalue weighted by atomic mass is 16.3. The molecule has 0 atom stereocenters. The standard InChI is InChI=1S/C19H18N4O/c1-3-22-13-17(14(2)20-22)18-10-11-23(21-18)16-8-6-15(7-9-16)19-5-4-12-24-19/h4-13H,3H2,1-2H3. The van der Waals surface area contributed by atoms with Crippen molar-refractivity contribution in [1.29, 1.82) is 0 Å². The van der Waals surface area contributed by atoms with Crippen molar-refractivity contribution in [1.82, 2.24) is 19.6 Å². The van der Waals surface area contributed by atoms with E-state index in [1.165, 1.54) is 0 Å². The van der Waals surface area contributed by atoms with Crippen molar-refractivity contribution in [3.63, 3.8) is 0 Å². The summed E-state index contributed by atoms with van der Waals surface area (Å²) in [6.07, 6.45) is 5.70. The normalized spacial score (nSPS) is 11.1. The van der Waals surface area contributed by atoms with Gasteiger partial charge in [-0.2, -0.15) is 10.2 Å². The fraction of sp³-hybridized carbons (Fsp3) is 0.158. The molecule has 0 aliphatic rings. The minimum Gasteiger partial charge on any atom is -0.464 e. The molecule has 5 heteroatoms. The van der Waals surface area contributed by atoms with Gasteiger partial charge < -0.3 is 4.42 Å². The molecule has 3 heterocycles. The van der Waals surface area contributed by atoms with Crippen LogP contribution in [0.1, 0.15) is 12.6 Å². The van der Waals surface area contributed by atoms with Crippen molar-refractivity contribution in [2.24, 2.45) is 0 Å². The second kappa shape index (κ2) is 5.85. The Hall–Kier alpha value is -3.08. The van der Waals surface area contributed by atoms with Crippen LogP contribution in [0.15, 0.2) is 65.5 Å². The van der Waals surface area contributed by atoms with E-state index in [1.807, 2.05) is 71.1 Å². The summed E-state index contributed by atoms with van der Waals surface area (Å²) in [5.41, 5.74) is 5.06. The van der Waals surface area contributed by atoms with Crippen LogP contribution in [-0.4, -0.2) is 19.6 Å². The molecule has 0 radical (unpaired) electrons. The SMILES string of the molecule is CCn1cc(-c2ccn(-c3ccc(-c4ccco4)cc3)n2)c(C)n1. The van der Waals surface area contributed by atoms with Crippen LogP contribution in [0, 0.1) is 6.92 Å². The zero-order chi connectivity index (χ0) is 16.5. The summed E-state index contributed by atoms with van der Waals surface area (Å²) in [6, 6.07) is 14.0. The van der Waals surface area contributed by atoms with E-state index in [-0.39, 0.29) is 0 Å². The van der Waals surface area contributed by atoms with Crippen LogP contribution < -0.4 is 0 Å². The van der Waals surface area contributed by atoms with Crippen LogP contribution in [0.5, 0.6) is 0 Å². The highest BCUT2D eigenvalue weighted by Crippen LogP contribution is 2.24. The highest BCUT2D eigenvalue weighted by molar-refractivity contribution is 5.62. The maximum Gasteiger partial charge on any atom is 0.133 e. The summed E-state index contributed by atoms with van der Waals surface area (Å²) < 4.78 is 9.23. The van der Waals surface area contributed by atoms with E-state index in [9.17, 15) is 0 Å². The minimum atomic E-state index is 0.857. The number of benzene rings is 1. The Balaban J connectivity index is 1.63. The molecule has 0 unspecified atom stereocenters. The number of hydrogen-bond donors (Lipinski definition) is 0. The average Bonchev–Trinajstić information content (AvgIpc) is 3.35. The van der Waals surface area contributed by atoms with Gasteiger partial charge in [0.15, 0.2) is 0 Å². The van der Waals surface area contributed by atoms with E-state index >= 15 is 0 Å². The van der Waals surface area contributed by atoms with Crippen LogP contribution >= 0.6 is 0 Å². The molecule has 0 spiro atoms. The van der Waals surface area contributed by atoms with Gasteiger partial charge in [0, 0.05) is 30.1 Å². The largest absolute Gasteiger partial charge is 0.464 e. The molecule has 0 saturated heterocycles. The molecule has 3 aromatic heterocycles. The summed E-state index contributed by atoms with van der Waals surface area (Å²) in [7, 11) is 0. The average molecular weight is 318 g/mol. The van der Waals surface area contributed by atoms with E-state index in [0.717, 1.165) is 40.5 Å². The van der Waals surface area contributed by atoms with Gasteiger partial charge in [-0.15, -0.1) is 0 Å². The molecule has 0 aliphatic heterocycles. The number of furan rings is 1. The molecule has 0 bridgehead atoms. The summed E-state index contributed by atoms with van der Waals surface area (Å²) >= 11 is 0. The zero-order valence-electron chi connectivity index (χ0n) is 13.7. The fourth-order valence-electron chi connectivity index (χ4n) is 2.76. The van der Waals surface area contributed by atoms with Crippen LogP contribution in [0.25, 0.3) is 28.3 Å². The molecule has 4 rings (SSSR count). The van der Waals surface area contributed by atoms with Gasteiger partial charge in [0.25, 0.3) is 0 Å². The summed E-state index contributed by atoms with van der Waals surface area (Å²) in [6.45, 7) is 4.95. The first-order valence-corrected chi connectivity index (χ1v) is 7.99. The predicted molar refractivity (Wildman–Crippen MR) is 92.9 cm³/mol. The van der Waals surface area contributed by atoms with Crippen molar-refractivity contribution in [2.75, 3.05) is 0 Å². The predicted octanol–water partition coefficient (Wildman–Crippen LogP) is 4.32. The van der Waals surface area contributed by atoms with Crippen molar-refractivity contribution >= 4 is 0 Å². The van der Waals surface area contributed by atoms with Gasteiger partial charge in [0.1, 0.15) is 5.76 Å². The van der Waals surface area contributed by atoms with Crippen LogP contribution in [0.4, 0.5) is 0 Å². The third kappa shape index (κ3) is 2.54. The summed E-state index contributed by atoms with van der Waals surface area (Å²) in [5, 5.41) is 9.18. The van der Waals surface area contributed by atoms with Gasteiger partial charge in [-0.25, -0.2) is 4.68 Å². The monoisotopic (exact) mass is 318 g/mol. The lowest BCUT2D eigenvalue weighted by atomic mass is 10.1. The second-order valence-electron chi connectivity index (χ2n) is 5.65. The van der Waals surface area contributed by atoms with E-state index in [4.69, 9.17) is 9.52 Å². The number of aryl methyl sites for hydroxylation is 2. The molecule has 120 valence electrons. The lowest BCUT2D eigenvalue weighted by Gasteiger charge is -2.02. The third-order valence-electron chi connectivity index (χ3n) is 4.07. The Morgan fingerprint density at radius 2 is 1.88 bits per heavy atom. The molecule has 0 saturated carbocycles. The van der Waals surface area contributed by atoms with E-state index < -0.39 is 0 Å². The van der Waals surface area contributed by atoms with Crippen LogP contribution in [-0.2, 0) is 6.54 Å². The van der Waals surface area contributed by atoms with Gasteiger partial charge >= 0.3 is 0 Å². The molecule has 0 N–H and O–H groups in total. The number of nitrogens with zero attached hydrogens (tertiary/aromatic N) is 4. The zero-order valence-corrected chi connectivity index (χ0v) is 13.7. The Morgan fingerprint density at radius 3 is 2.54 bits per heavy atom. The summed E-state index contributed by atoms with van der Waals surface area (Å²) in [4.78, 5) is 0. The second-order valence-corrected chi connectivity index (χ2v) is 5.65. The number of hydrogen-bond acceptors (Lipinski definition) is 3. The Labute approximate surface area is 140 Å². The van der Waals surface area contributed by atoms with Gasteiger partial charge in [-0.05, 0) is 56.3 Å². The first kappa shape index (κ1) is 14.5. The molecule has 0 amide bonds.